The Morgan fingerprint density at radius 3 is 2.62 bits per heavy atom. The normalized spacial score (nSPS) is 12.1. The summed E-state index contributed by atoms with van der Waals surface area (Å²) in [7, 11) is 0. The third kappa shape index (κ3) is 3.47. The number of fused-ring (bicyclic) bond motifs is 1. The van der Waals surface area contributed by atoms with Crippen molar-refractivity contribution in [2.24, 2.45) is 0 Å². The summed E-state index contributed by atoms with van der Waals surface area (Å²) in [6, 6.07) is 2.87. The summed E-state index contributed by atoms with van der Waals surface area (Å²) in [5, 5.41) is 3.56. The highest BCUT2D eigenvalue weighted by molar-refractivity contribution is 5.93. The van der Waals surface area contributed by atoms with Crippen LogP contribution in [0.15, 0.2) is 30.7 Å². The average Bonchev–Trinajstić information content (AvgIpc) is 2.95. The van der Waals surface area contributed by atoms with Crippen molar-refractivity contribution in [3.63, 3.8) is 0 Å². The molecule has 126 valence electrons. The van der Waals surface area contributed by atoms with Crippen molar-refractivity contribution in [3.8, 4) is 11.1 Å². The maximum absolute atomic E-state index is 13.5. The molecule has 2 N–H and O–H groups in total. The van der Waals surface area contributed by atoms with Crippen LogP contribution in [-0.2, 0) is 0 Å². The zero-order valence-electron chi connectivity index (χ0n) is 13.1. The van der Waals surface area contributed by atoms with Gasteiger partial charge in [-0.1, -0.05) is 6.07 Å². The molecule has 0 aliphatic carbocycles. The number of hydrogen-bond donors (Lipinski definition) is 2. The van der Waals surface area contributed by atoms with E-state index < -0.39 is 12.1 Å². The van der Waals surface area contributed by atoms with E-state index in [0.29, 0.717) is 17.2 Å². The van der Waals surface area contributed by atoms with Gasteiger partial charge in [0.2, 0.25) is 5.95 Å². The van der Waals surface area contributed by atoms with Crippen LogP contribution in [0.4, 0.5) is 19.1 Å². The fourth-order valence-corrected chi connectivity index (χ4v) is 2.21. The lowest BCUT2D eigenvalue weighted by Gasteiger charge is -2.14. The van der Waals surface area contributed by atoms with Crippen molar-refractivity contribution < 1.29 is 13.2 Å². The van der Waals surface area contributed by atoms with E-state index in [9.17, 15) is 13.2 Å². The second kappa shape index (κ2) is 6.10. The van der Waals surface area contributed by atoms with Gasteiger partial charge in [-0.3, -0.25) is 4.98 Å². The van der Waals surface area contributed by atoms with Gasteiger partial charge in [-0.15, -0.1) is 0 Å². The third-order valence-corrected chi connectivity index (χ3v) is 3.42. The molecule has 0 spiro atoms. The summed E-state index contributed by atoms with van der Waals surface area (Å²) < 4.78 is 38.7. The smallest absolute Gasteiger partial charge is 0.280 e. The second-order valence-electron chi connectivity index (χ2n) is 6.00. The van der Waals surface area contributed by atoms with Crippen molar-refractivity contribution in [1.29, 1.82) is 0 Å². The molecule has 3 heterocycles. The largest absolute Gasteiger partial charge is 0.351 e. The minimum Gasteiger partial charge on any atom is -0.351 e. The van der Waals surface area contributed by atoms with Crippen LogP contribution in [0, 0.1) is 0 Å². The number of anilines is 1. The second-order valence-corrected chi connectivity index (χ2v) is 6.00. The van der Waals surface area contributed by atoms with E-state index >= 15 is 0 Å². The Morgan fingerprint density at radius 1 is 1.21 bits per heavy atom. The van der Waals surface area contributed by atoms with E-state index in [-0.39, 0.29) is 12.2 Å². The third-order valence-electron chi connectivity index (χ3n) is 3.42. The Kier molecular flexibility index (Phi) is 4.13. The lowest BCUT2D eigenvalue weighted by molar-refractivity contribution is 0.146. The molecule has 0 amide bonds. The number of aromatic nitrogens is 4. The molecule has 0 radical (unpaired) electrons. The molecule has 3 aromatic rings. The summed E-state index contributed by atoms with van der Waals surface area (Å²) in [6.45, 7) is 3.01. The van der Waals surface area contributed by atoms with E-state index in [1.54, 1.807) is 18.5 Å². The predicted octanol–water partition coefficient (Wildman–Crippen LogP) is 4.12. The minimum atomic E-state index is -2.60. The lowest BCUT2D eigenvalue weighted by atomic mass is 10.1. The number of nitrogens with one attached hydrogen (secondary N) is 2. The highest BCUT2D eigenvalue weighted by Crippen LogP contribution is 2.28. The van der Waals surface area contributed by atoms with Crippen molar-refractivity contribution >= 4 is 17.0 Å². The average molecular weight is 335 g/mol. The van der Waals surface area contributed by atoms with Crippen LogP contribution in [-0.4, -0.2) is 32.1 Å². The van der Waals surface area contributed by atoms with Gasteiger partial charge < -0.3 is 10.3 Å². The van der Waals surface area contributed by atoms with Crippen molar-refractivity contribution in [2.45, 2.75) is 25.9 Å². The van der Waals surface area contributed by atoms with E-state index in [4.69, 9.17) is 0 Å². The zero-order chi connectivity index (χ0) is 17.3. The van der Waals surface area contributed by atoms with Crippen molar-refractivity contribution in [3.05, 3.63) is 36.4 Å². The molecular weight excluding hydrogens is 319 g/mol. The molecule has 0 atom stereocenters. The molecule has 0 unspecified atom stereocenters. The molecule has 0 saturated heterocycles. The minimum absolute atomic E-state index is 0.0884. The summed E-state index contributed by atoms with van der Waals surface area (Å²) in [6.07, 6.45) is 2.10. The van der Waals surface area contributed by atoms with E-state index in [1.165, 1.54) is 26.1 Å². The number of alkyl halides is 3. The Balaban J connectivity index is 1.88. The van der Waals surface area contributed by atoms with Gasteiger partial charge >= 0.3 is 0 Å². The maximum Gasteiger partial charge on any atom is 0.280 e. The van der Waals surface area contributed by atoms with Crippen LogP contribution in [0.2, 0.25) is 0 Å². The maximum atomic E-state index is 13.5. The van der Waals surface area contributed by atoms with Crippen LogP contribution >= 0.6 is 0 Å². The molecule has 8 heteroatoms. The predicted molar refractivity (Wildman–Crippen MR) is 85.8 cm³/mol. The molecule has 0 aliphatic heterocycles. The standard InChI is InChI=1S/C16H16F3N5/c1-16(2,19)8-23-15-22-7-11-10(6-21-14(11)24-15)9-3-4-12(13(17)18)20-5-9/h3-7,13H,8H2,1-2H3,(H2,21,22,23,24). The number of nitrogens with zero attached hydrogens (tertiary/aromatic N) is 3. The van der Waals surface area contributed by atoms with Crippen molar-refractivity contribution in [1.82, 2.24) is 19.9 Å². The molecule has 0 bridgehead atoms. The summed E-state index contributed by atoms with van der Waals surface area (Å²) in [5.74, 6) is 0.313. The molecule has 3 rings (SSSR count). The quantitative estimate of drug-likeness (QED) is 0.736. The van der Waals surface area contributed by atoms with Crippen LogP contribution in [0.25, 0.3) is 22.2 Å². The first kappa shape index (κ1) is 16.2. The zero-order valence-corrected chi connectivity index (χ0v) is 13.1. The molecular formula is C16H16F3N5. The summed E-state index contributed by atoms with van der Waals surface area (Å²) >= 11 is 0. The summed E-state index contributed by atoms with van der Waals surface area (Å²) in [5.41, 5.74) is 0.361. The van der Waals surface area contributed by atoms with Crippen LogP contribution in [0.1, 0.15) is 26.0 Å². The van der Waals surface area contributed by atoms with Gasteiger partial charge in [0.05, 0.1) is 6.54 Å². The van der Waals surface area contributed by atoms with Crippen LogP contribution < -0.4 is 5.32 Å². The van der Waals surface area contributed by atoms with Gasteiger partial charge in [0.25, 0.3) is 6.43 Å². The van der Waals surface area contributed by atoms with E-state index in [2.05, 4.69) is 25.3 Å². The van der Waals surface area contributed by atoms with E-state index in [0.717, 1.165) is 10.9 Å². The number of hydrogen-bond acceptors (Lipinski definition) is 4. The number of aromatic amines is 1. The van der Waals surface area contributed by atoms with Crippen LogP contribution in [0.5, 0.6) is 0 Å². The first-order chi connectivity index (χ1) is 11.3. The molecule has 5 nitrogen and oxygen atoms in total. The topological polar surface area (TPSA) is 66.5 Å². The van der Waals surface area contributed by atoms with Crippen LogP contribution in [0.3, 0.4) is 0 Å². The highest BCUT2D eigenvalue weighted by atomic mass is 19.3. The molecule has 3 aromatic heterocycles. The monoisotopic (exact) mass is 335 g/mol. The lowest BCUT2D eigenvalue weighted by Crippen LogP contribution is -2.25. The van der Waals surface area contributed by atoms with Gasteiger partial charge in [-0.2, -0.15) is 4.98 Å². The number of pyridine rings is 1. The first-order valence-corrected chi connectivity index (χ1v) is 7.35. The Hall–Kier alpha value is -2.64. The Morgan fingerprint density at radius 2 is 2.00 bits per heavy atom. The highest BCUT2D eigenvalue weighted by Gasteiger charge is 2.16. The van der Waals surface area contributed by atoms with Gasteiger partial charge in [0, 0.05) is 35.1 Å². The SMILES string of the molecule is CC(C)(F)CNc1ncc2c(-c3ccc(C(F)F)nc3)c[nH]c2n1. The molecule has 0 fully saturated rings. The molecule has 0 aromatic carbocycles. The molecule has 0 saturated carbocycles. The number of rotatable bonds is 5. The Bertz CT molecular complexity index is 837. The fraction of sp³-hybridized carbons (Fsp3) is 0.312. The first-order valence-electron chi connectivity index (χ1n) is 7.35. The summed E-state index contributed by atoms with van der Waals surface area (Å²) in [4.78, 5) is 15.2. The molecule has 0 aliphatic rings. The van der Waals surface area contributed by atoms with Crippen molar-refractivity contribution in [2.75, 3.05) is 11.9 Å². The molecule has 24 heavy (non-hydrogen) atoms. The number of halogens is 3. The fourth-order valence-electron chi connectivity index (χ4n) is 2.21. The number of H-pyrrole nitrogens is 1. The van der Waals surface area contributed by atoms with Gasteiger partial charge in [-0.05, 0) is 19.9 Å². The van der Waals surface area contributed by atoms with Gasteiger partial charge in [0.15, 0.2) is 0 Å². The van der Waals surface area contributed by atoms with E-state index in [1.807, 2.05) is 0 Å². The van der Waals surface area contributed by atoms with Gasteiger partial charge in [0.1, 0.15) is 17.0 Å². The van der Waals surface area contributed by atoms with Gasteiger partial charge in [-0.25, -0.2) is 18.2 Å². The Labute approximate surface area is 136 Å².